The van der Waals surface area contributed by atoms with Crippen LogP contribution in [0.5, 0.6) is 0 Å². The Kier molecular flexibility index (Phi) is 3.18. The summed E-state index contributed by atoms with van der Waals surface area (Å²) in [6.07, 6.45) is 1.81. The van der Waals surface area contributed by atoms with Crippen molar-refractivity contribution in [3.8, 4) is 5.69 Å². The van der Waals surface area contributed by atoms with Crippen molar-refractivity contribution in [1.82, 2.24) is 9.78 Å². The fourth-order valence-electron chi connectivity index (χ4n) is 1.22. The van der Waals surface area contributed by atoms with E-state index in [1.807, 2.05) is 18.3 Å². The molecule has 0 unspecified atom stereocenters. The number of nitrogens with zero attached hydrogens (tertiary/aromatic N) is 2. The van der Waals surface area contributed by atoms with E-state index >= 15 is 0 Å². The van der Waals surface area contributed by atoms with Gasteiger partial charge in [-0.25, -0.2) is 4.68 Å². The van der Waals surface area contributed by atoms with Gasteiger partial charge < -0.3 is 5.73 Å². The molecule has 0 aliphatic carbocycles. The van der Waals surface area contributed by atoms with Crippen LogP contribution in [0.1, 0.15) is 0 Å². The molecule has 0 atom stereocenters. The number of nitrogens with two attached hydrogens (primary N) is 1. The zero-order chi connectivity index (χ0) is 11.0. The minimum absolute atomic E-state index is 0.497. The molecular weight excluding hydrogens is 390 g/mol. The first-order valence-corrected chi connectivity index (χ1v) is 6.42. The van der Waals surface area contributed by atoms with Crippen LogP contribution in [0.25, 0.3) is 5.69 Å². The summed E-state index contributed by atoms with van der Waals surface area (Å²) in [4.78, 5) is 0. The van der Waals surface area contributed by atoms with Gasteiger partial charge in [0.25, 0.3) is 0 Å². The molecule has 0 saturated heterocycles. The highest BCUT2D eigenvalue weighted by Crippen LogP contribution is 2.32. The smallest absolute Gasteiger partial charge is 0.145 e. The maximum Gasteiger partial charge on any atom is 0.145 e. The molecule has 2 N–H and O–H groups in total. The molecule has 6 heteroatoms. The largest absolute Gasteiger partial charge is 0.382 e. The molecular formula is C9H6Br3N3. The Bertz CT molecular complexity index is 484. The van der Waals surface area contributed by atoms with E-state index in [4.69, 9.17) is 5.73 Å². The van der Waals surface area contributed by atoms with Gasteiger partial charge in [-0.15, -0.1) is 0 Å². The number of benzene rings is 1. The first kappa shape index (κ1) is 11.2. The van der Waals surface area contributed by atoms with Crippen molar-refractivity contribution in [2.45, 2.75) is 0 Å². The monoisotopic (exact) mass is 393 g/mol. The number of anilines is 1. The summed E-state index contributed by atoms with van der Waals surface area (Å²) < 4.78 is 4.58. The molecule has 15 heavy (non-hydrogen) atoms. The van der Waals surface area contributed by atoms with Crippen molar-refractivity contribution in [2.75, 3.05) is 5.73 Å². The Labute approximate surface area is 112 Å². The van der Waals surface area contributed by atoms with E-state index in [-0.39, 0.29) is 0 Å². The summed E-state index contributed by atoms with van der Waals surface area (Å²) in [7, 11) is 0. The van der Waals surface area contributed by atoms with Gasteiger partial charge in [-0.05, 0) is 44.0 Å². The highest BCUT2D eigenvalue weighted by atomic mass is 79.9. The van der Waals surface area contributed by atoms with Crippen LogP contribution < -0.4 is 5.73 Å². The summed E-state index contributed by atoms with van der Waals surface area (Å²) >= 11 is 10.4. The predicted molar refractivity (Wildman–Crippen MR) is 71.1 cm³/mol. The molecule has 0 amide bonds. The van der Waals surface area contributed by atoms with Crippen molar-refractivity contribution in [2.24, 2.45) is 0 Å². The number of aromatic nitrogens is 2. The molecule has 1 heterocycles. The van der Waals surface area contributed by atoms with Gasteiger partial charge >= 0.3 is 0 Å². The third-order valence-electron chi connectivity index (χ3n) is 1.82. The van der Waals surface area contributed by atoms with Crippen molar-refractivity contribution in [1.29, 1.82) is 0 Å². The molecule has 0 bridgehead atoms. The average Bonchev–Trinajstić information content (AvgIpc) is 2.49. The zero-order valence-corrected chi connectivity index (χ0v) is 12.2. The van der Waals surface area contributed by atoms with Gasteiger partial charge in [0.15, 0.2) is 0 Å². The standard InChI is InChI=1S/C9H6Br3N3/c10-5-3-6(11)9(7(12)4-5)15-2-1-8(13)14-15/h1-4H,(H2,13,14). The Morgan fingerprint density at radius 1 is 1.13 bits per heavy atom. The van der Waals surface area contributed by atoms with Crippen LogP contribution in [0.15, 0.2) is 37.8 Å². The van der Waals surface area contributed by atoms with Crippen LogP contribution in [0, 0.1) is 0 Å². The quantitative estimate of drug-likeness (QED) is 0.799. The fourth-order valence-corrected chi connectivity index (χ4v) is 3.84. The fraction of sp³-hybridized carbons (Fsp3) is 0. The normalized spacial score (nSPS) is 10.6. The second kappa shape index (κ2) is 4.27. The van der Waals surface area contributed by atoms with Gasteiger partial charge in [0.2, 0.25) is 0 Å². The maximum atomic E-state index is 5.57. The second-order valence-electron chi connectivity index (χ2n) is 2.90. The number of halogens is 3. The molecule has 0 aliphatic rings. The van der Waals surface area contributed by atoms with E-state index in [9.17, 15) is 0 Å². The van der Waals surface area contributed by atoms with Crippen LogP contribution >= 0.6 is 47.8 Å². The Hall–Kier alpha value is -0.330. The first-order chi connectivity index (χ1) is 7.08. The van der Waals surface area contributed by atoms with Crippen LogP contribution in [-0.4, -0.2) is 9.78 Å². The lowest BCUT2D eigenvalue weighted by molar-refractivity contribution is 0.876. The SMILES string of the molecule is Nc1ccn(-c2c(Br)cc(Br)cc2Br)n1. The van der Waals surface area contributed by atoms with Crippen LogP contribution in [0.2, 0.25) is 0 Å². The third kappa shape index (κ3) is 2.26. The van der Waals surface area contributed by atoms with Gasteiger partial charge in [0.05, 0.1) is 5.69 Å². The minimum Gasteiger partial charge on any atom is -0.382 e. The van der Waals surface area contributed by atoms with Crippen LogP contribution in [-0.2, 0) is 0 Å². The van der Waals surface area contributed by atoms with Gasteiger partial charge in [-0.1, -0.05) is 15.9 Å². The zero-order valence-electron chi connectivity index (χ0n) is 7.42. The van der Waals surface area contributed by atoms with E-state index in [2.05, 4.69) is 52.9 Å². The minimum atomic E-state index is 0.497. The molecule has 3 nitrogen and oxygen atoms in total. The Morgan fingerprint density at radius 3 is 2.20 bits per heavy atom. The summed E-state index contributed by atoms with van der Waals surface area (Å²) in [5.74, 6) is 0.497. The van der Waals surface area contributed by atoms with Crippen molar-refractivity contribution in [3.05, 3.63) is 37.8 Å². The van der Waals surface area contributed by atoms with Crippen LogP contribution in [0.4, 0.5) is 5.82 Å². The van der Waals surface area contributed by atoms with Gasteiger partial charge in [0.1, 0.15) is 5.82 Å². The maximum absolute atomic E-state index is 5.57. The number of hydrogen-bond donors (Lipinski definition) is 1. The lowest BCUT2D eigenvalue weighted by Gasteiger charge is -2.07. The van der Waals surface area contributed by atoms with E-state index in [0.29, 0.717) is 5.82 Å². The molecule has 0 fully saturated rings. The van der Waals surface area contributed by atoms with E-state index < -0.39 is 0 Å². The molecule has 1 aromatic heterocycles. The molecule has 2 aromatic rings. The van der Waals surface area contributed by atoms with Gasteiger partial charge in [-0.3, -0.25) is 0 Å². The lowest BCUT2D eigenvalue weighted by atomic mass is 10.3. The molecule has 2 rings (SSSR count). The molecule has 78 valence electrons. The van der Waals surface area contributed by atoms with Crippen molar-refractivity contribution < 1.29 is 0 Å². The highest BCUT2D eigenvalue weighted by Gasteiger charge is 2.09. The summed E-state index contributed by atoms with van der Waals surface area (Å²) in [6.45, 7) is 0. The second-order valence-corrected chi connectivity index (χ2v) is 5.53. The topological polar surface area (TPSA) is 43.8 Å². The first-order valence-electron chi connectivity index (χ1n) is 4.04. The number of hydrogen-bond acceptors (Lipinski definition) is 2. The number of rotatable bonds is 1. The molecule has 0 saturated carbocycles. The van der Waals surface area contributed by atoms with Crippen molar-refractivity contribution >= 4 is 53.6 Å². The molecule has 1 aromatic carbocycles. The van der Waals surface area contributed by atoms with E-state index in [1.54, 1.807) is 10.7 Å². The van der Waals surface area contributed by atoms with E-state index in [0.717, 1.165) is 19.1 Å². The Morgan fingerprint density at radius 2 is 1.73 bits per heavy atom. The Balaban J connectivity index is 2.62. The lowest BCUT2D eigenvalue weighted by Crippen LogP contribution is -1.98. The number of nitrogen functional groups attached to an aromatic ring is 1. The third-order valence-corrected chi connectivity index (χ3v) is 3.49. The van der Waals surface area contributed by atoms with Gasteiger partial charge in [-0.2, -0.15) is 5.10 Å². The summed E-state index contributed by atoms with van der Waals surface area (Å²) in [5, 5.41) is 4.15. The summed E-state index contributed by atoms with van der Waals surface area (Å²) in [6, 6.07) is 5.66. The van der Waals surface area contributed by atoms with E-state index in [1.165, 1.54) is 0 Å². The van der Waals surface area contributed by atoms with Crippen LogP contribution in [0.3, 0.4) is 0 Å². The molecule has 0 aliphatic heterocycles. The summed E-state index contributed by atoms with van der Waals surface area (Å²) in [5.41, 5.74) is 6.50. The average molecular weight is 396 g/mol. The van der Waals surface area contributed by atoms with Crippen molar-refractivity contribution in [3.63, 3.8) is 0 Å². The molecule has 0 spiro atoms. The molecule has 0 radical (unpaired) electrons. The highest BCUT2D eigenvalue weighted by molar-refractivity contribution is 9.11. The van der Waals surface area contributed by atoms with Gasteiger partial charge in [0, 0.05) is 25.7 Å². The predicted octanol–water partition coefficient (Wildman–Crippen LogP) is 3.74.